The number of nitriles is 1. The minimum Gasteiger partial charge on any atom is -0.326 e. The molecule has 0 spiro atoms. The van der Waals surface area contributed by atoms with Crippen LogP contribution in [-0.2, 0) is 9.59 Å². The van der Waals surface area contributed by atoms with E-state index in [0.717, 1.165) is 4.47 Å². The minimum atomic E-state index is -0.357. The molecule has 3 rings (SSSR count). The lowest BCUT2D eigenvalue weighted by Gasteiger charge is -2.07. The van der Waals surface area contributed by atoms with Gasteiger partial charge in [-0.3, -0.25) is 9.59 Å². The molecule has 120 valence electrons. The largest absolute Gasteiger partial charge is 0.326 e. The quantitative estimate of drug-likeness (QED) is 0.846. The molecule has 2 aromatic carbocycles. The third kappa shape index (κ3) is 3.63. The molecule has 6 heteroatoms. The number of anilines is 2. The summed E-state index contributed by atoms with van der Waals surface area (Å²) in [6, 6.07) is 16.1. The van der Waals surface area contributed by atoms with Crippen molar-refractivity contribution in [3.05, 3.63) is 58.6 Å². The molecular weight excluding hydrogens is 370 g/mol. The Balaban J connectivity index is 1.59. The molecule has 0 aliphatic heterocycles. The standard InChI is InChI=1S/C18H14BrN3O2/c19-12-5-3-6-13(8-12)21-17(23)14-9-15(14)18(24)22-16-7-2-1-4-11(16)10-20/h1-8,14-15H,9H2,(H,21,23)(H,22,24). The van der Waals surface area contributed by atoms with Crippen molar-refractivity contribution in [3.8, 4) is 6.07 Å². The van der Waals surface area contributed by atoms with E-state index in [-0.39, 0.29) is 23.7 Å². The number of benzene rings is 2. The Hall–Kier alpha value is -2.65. The highest BCUT2D eigenvalue weighted by atomic mass is 79.9. The Labute approximate surface area is 147 Å². The first-order valence-electron chi connectivity index (χ1n) is 7.45. The van der Waals surface area contributed by atoms with Crippen LogP contribution < -0.4 is 10.6 Å². The monoisotopic (exact) mass is 383 g/mol. The van der Waals surface area contributed by atoms with Gasteiger partial charge in [0.2, 0.25) is 11.8 Å². The fourth-order valence-corrected chi connectivity index (χ4v) is 2.89. The highest BCUT2D eigenvalue weighted by molar-refractivity contribution is 9.10. The number of nitrogens with zero attached hydrogens (tertiary/aromatic N) is 1. The molecule has 0 heterocycles. The number of carbonyl (C=O) groups is 2. The second-order valence-electron chi connectivity index (χ2n) is 5.59. The first-order valence-corrected chi connectivity index (χ1v) is 8.24. The molecule has 5 nitrogen and oxygen atoms in total. The van der Waals surface area contributed by atoms with Gasteiger partial charge >= 0.3 is 0 Å². The number of amides is 2. The number of nitrogens with one attached hydrogen (secondary N) is 2. The SMILES string of the molecule is N#Cc1ccccc1NC(=O)C1CC1C(=O)Nc1cccc(Br)c1. The van der Waals surface area contributed by atoms with Gasteiger partial charge in [-0.25, -0.2) is 0 Å². The summed E-state index contributed by atoms with van der Waals surface area (Å²) in [6.45, 7) is 0. The smallest absolute Gasteiger partial charge is 0.228 e. The van der Waals surface area contributed by atoms with Crippen molar-refractivity contribution >= 4 is 39.1 Å². The first-order chi connectivity index (χ1) is 11.6. The summed E-state index contributed by atoms with van der Waals surface area (Å²) in [5.74, 6) is -1.09. The van der Waals surface area contributed by atoms with E-state index in [1.54, 1.807) is 36.4 Å². The number of hydrogen-bond acceptors (Lipinski definition) is 3. The summed E-state index contributed by atoms with van der Waals surface area (Å²) < 4.78 is 0.874. The maximum Gasteiger partial charge on any atom is 0.228 e. The van der Waals surface area contributed by atoms with E-state index in [9.17, 15) is 9.59 Å². The molecule has 0 aromatic heterocycles. The number of rotatable bonds is 4. The lowest BCUT2D eigenvalue weighted by atomic mass is 10.2. The molecule has 0 radical (unpaired) electrons. The van der Waals surface area contributed by atoms with Crippen LogP contribution in [0, 0.1) is 23.2 Å². The van der Waals surface area contributed by atoms with E-state index in [1.807, 2.05) is 18.2 Å². The van der Waals surface area contributed by atoms with E-state index in [0.29, 0.717) is 23.4 Å². The van der Waals surface area contributed by atoms with Crippen LogP contribution in [0.25, 0.3) is 0 Å². The highest BCUT2D eigenvalue weighted by Crippen LogP contribution is 2.40. The normalized spacial score (nSPS) is 18.3. The van der Waals surface area contributed by atoms with Crippen molar-refractivity contribution in [2.24, 2.45) is 11.8 Å². The first kappa shape index (κ1) is 16.2. The highest BCUT2D eigenvalue weighted by Gasteiger charge is 2.48. The summed E-state index contributed by atoms with van der Waals surface area (Å²) >= 11 is 3.35. The summed E-state index contributed by atoms with van der Waals surface area (Å²) in [6.07, 6.45) is 0.514. The maximum absolute atomic E-state index is 12.3. The Kier molecular flexibility index (Phi) is 4.63. The summed E-state index contributed by atoms with van der Waals surface area (Å²) in [4.78, 5) is 24.5. The fourth-order valence-electron chi connectivity index (χ4n) is 2.49. The molecule has 2 N–H and O–H groups in total. The Morgan fingerprint density at radius 3 is 2.46 bits per heavy atom. The molecular formula is C18H14BrN3O2. The second-order valence-corrected chi connectivity index (χ2v) is 6.51. The van der Waals surface area contributed by atoms with Gasteiger partial charge in [-0.2, -0.15) is 5.26 Å². The molecule has 1 fully saturated rings. The Morgan fingerprint density at radius 1 is 1.04 bits per heavy atom. The average molecular weight is 384 g/mol. The van der Waals surface area contributed by atoms with Crippen molar-refractivity contribution in [3.63, 3.8) is 0 Å². The number of para-hydroxylation sites is 1. The minimum absolute atomic E-state index is 0.165. The number of carbonyl (C=O) groups excluding carboxylic acids is 2. The predicted molar refractivity (Wildman–Crippen MR) is 94.2 cm³/mol. The third-order valence-electron chi connectivity index (χ3n) is 3.86. The zero-order valence-electron chi connectivity index (χ0n) is 12.6. The topological polar surface area (TPSA) is 82.0 Å². The lowest BCUT2D eigenvalue weighted by Crippen LogP contribution is -2.20. The van der Waals surface area contributed by atoms with Crippen LogP contribution >= 0.6 is 15.9 Å². The second kappa shape index (κ2) is 6.85. The van der Waals surface area contributed by atoms with Crippen LogP contribution in [0.3, 0.4) is 0 Å². The van der Waals surface area contributed by atoms with E-state index in [2.05, 4.69) is 26.6 Å². The van der Waals surface area contributed by atoms with Gasteiger partial charge in [-0.1, -0.05) is 34.1 Å². The van der Waals surface area contributed by atoms with Crippen LogP contribution in [0.15, 0.2) is 53.0 Å². The van der Waals surface area contributed by atoms with E-state index in [4.69, 9.17) is 5.26 Å². The maximum atomic E-state index is 12.3. The average Bonchev–Trinajstić information content (AvgIpc) is 3.36. The van der Waals surface area contributed by atoms with Crippen LogP contribution in [-0.4, -0.2) is 11.8 Å². The lowest BCUT2D eigenvalue weighted by molar-refractivity contribution is -0.122. The van der Waals surface area contributed by atoms with Crippen LogP contribution in [0.4, 0.5) is 11.4 Å². The molecule has 2 amide bonds. The van der Waals surface area contributed by atoms with E-state index in [1.165, 1.54) is 0 Å². The zero-order chi connectivity index (χ0) is 17.1. The molecule has 1 aliphatic rings. The summed E-state index contributed by atoms with van der Waals surface area (Å²) in [5, 5.41) is 14.6. The summed E-state index contributed by atoms with van der Waals surface area (Å²) in [7, 11) is 0. The van der Waals surface area contributed by atoms with Gasteiger partial charge in [0, 0.05) is 10.2 Å². The van der Waals surface area contributed by atoms with Crippen molar-refractivity contribution in [1.82, 2.24) is 0 Å². The zero-order valence-corrected chi connectivity index (χ0v) is 14.2. The Bertz CT molecular complexity index is 844. The Morgan fingerprint density at radius 2 is 1.75 bits per heavy atom. The molecule has 0 saturated heterocycles. The molecule has 24 heavy (non-hydrogen) atoms. The molecule has 0 bridgehead atoms. The van der Waals surface area contributed by atoms with Crippen molar-refractivity contribution < 1.29 is 9.59 Å². The van der Waals surface area contributed by atoms with E-state index >= 15 is 0 Å². The van der Waals surface area contributed by atoms with Gasteiger partial charge in [0.15, 0.2) is 0 Å². The van der Waals surface area contributed by atoms with Crippen molar-refractivity contribution in [2.75, 3.05) is 10.6 Å². The van der Waals surface area contributed by atoms with Crippen LogP contribution in [0.5, 0.6) is 0 Å². The third-order valence-corrected chi connectivity index (χ3v) is 4.35. The van der Waals surface area contributed by atoms with Gasteiger partial charge in [0.1, 0.15) is 6.07 Å². The summed E-state index contributed by atoms with van der Waals surface area (Å²) in [5.41, 5.74) is 1.57. The van der Waals surface area contributed by atoms with Crippen molar-refractivity contribution in [2.45, 2.75) is 6.42 Å². The van der Waals surface area contributed by atoms with E-state index < -0.39 is 0 Å². The van der Waals surface area contributed by atoms with Gasteiger partial charge in [0.05, 0.1) is 23.1 Å². The van der Waals surface area contributed by atoms with Gasteiger partial charge in [-0.05, 0) is 36.8 Å². The molecule has 1 saturated carbocycles. The molecule has 2 atom stereocenters. The molecule has 2 unspecified atom stereocenters. The number of halogens is 1. The van der Waals surface area contributed by atoms with Gasteiger partial charge < -0.3 is 10.6 Å². The van der Waals surface area contributed by atoms with Crippen LogP contribution in [0.1, 0.15) is 12.0 Å². The number of hydrogen-bond donors (Lipinski definition) is 2. The fraction of sp³-hybridized carbons (Fsp3) is 0.167. The molecule has 2 aromatic rings. The van der Waals surface area contributed by atoms with Gasteiger partial charge in [0.25, 0.3) is 0 Å². The molecule has 1 aliphatic carbocycles. The van der Waals surface area contributed by atoms with Crippen LogP contribution in [0.2, 0.25) is 0 Å². The predicted octanol–water partition coefficient (Wildman–Crippen LogP) is 3.53. The van der Waals surface area contributed by atoms with Crippen molar-refractivity contribution in [1.29, 1.82) is 5.26 Å². The van der Waals surface area contributed by atoms with Gasteiger partial charge in [-0.15, -0.1) is 0 Å².